The molecule has 20 heavy (non-hydrogen) atoms. The van der Waals surface area contributed by atoms with E-state index >= 15 is 0 Å². The van der Waals surface area contributed by atoms with Crippen molar-refractivity contribution in [1.29, 1.82) is 0 Å². The number of hydrogen-bond donors (Lipinski definition) is 1. The van der Waals surface area contributed by atoms with Gasteiger partial charge < -0.3 is 9.84 Å². The third-order valence-corrected chi connectivity index (χ3v) is 2.10. The molecule has 0 aromatic heterocycles. The number of esters is 1. The van der Waals surface area contributed by atoms with Gasteiger partial charge in [0.1, 0.15) is 0 Å². The van der Waals surface area contributed by atoms with Gasteiger partial charge in [0.2, 0.25) is 0 Å². The number of carboxylic acids is 1. The largest absolute Gasteiger partial charge is 0.478 e. The Morgan fingerprint density at radius 3 is 1.60 bits per heavy atom. The van der Waals surface area contributed by atoms with Crippen molar-refractivity contribution in [1.82, 2.24) is 0 Å². The standard InChI is InChI=1S/2C8H14O2/c1-6(2)5-8(9)10-7(3)4;1-5(2)7(6(3)4)8(9)10/h5,7H,1-4H3;5H,1-4H3,(H,9,10). The van der Waals surface area contributed by atoms with Gasteiger partial charge in [0.25, 0.3) is 0 Å². The zero-order chi connectivity index (χ0) is 16.5. The topological polar surface area (TPSA) is 63.6 Å². The van der Waals surface area contributed by atoms with Crippen LogP contribution in [0.25, 0.3) is 0 Å². The van der Waals surface area contributed by atoms with E-state index in [0.717, 1.165) is 11.1 Å². The van der Waals surface area contributed by atoms with Crippen LogP contribution < -0.4 is 0 Å². The monoisotopic (exact) mass is 284 g/mol. The van der Waals surface area contributed by atoms with E-state index in [9.17, 15) is 9.59 Å². The maximum atomic E-state index is 10.8. The van der Waals surface area contributed by atoms with Gasteiger partial charge >= 0.3 is 11.9 Å². The van der Waals surface area contributed by atoms with Crippen molar-refractivity contribution in [2.45, 2.75) is 61.5 Å². The summed E-state index contributed by atoms with van der Waals surface area (Å²) in [6, 6.07) is 0. The molecule has 0 fully saturated rings. The lowest BCUT2D eigenvalue weighted by Gasteiger charge is -2.07. The first-order valence-corrected chi connectivity index (χ1v) is 6.75. The second-order valence-corrected chi connectivity index (χ2v) is 5.58. The predicted molar refractivity (Wildman–Crippen MR) is 81.5 cm³/mol. The molecule has 0 unspecified atom stereocenters. The summed E-state index contributed by atoms with van der Waals surface area (Å²) < 4.78 is 4.85. The van der Waals surface area contributed by atoms with Crippen LogP contribution in [-0.4, -0.2) is 23.1 Å². The van der Waals surface area contributed by atoms with E-state index in [1.807, 2.05) is 55.4 Å². The number of carbonyl (C=O) groups is 2. The van der Waals surface area contributed by atoms with Crippen LogP contribution in [0.15, 0.2) is 22.8 Å². The highest BCUT2D eigenvalue weighted by Crippen LogP contribution is 2.13. The zero-order valence-corrected chi connectivity index (χ0v) is 13.9. The zero-order valence-electron chi connectivity index (χ0n) is 13.9. The molecule has 4 nitrogen and oxygen atoms in total. The molecule has 0 rings (SSSR count). The smallest absolute Gasteiger partial charge is 0.331 e. The molecule has 0 saturated heterocycles. The minimum atomic E-state index is -0.796. The number of carboxylic acid groups (broad SMARTS) is 1. The highest BCUT2D eigenvalue weighted by Gasteiger charge is 2.12. The molecule has 0 saturated carbocycles. The molecule has 1 N–H and O–H groups in total. The number of aliphatic carboxylic acids is 1. The number of allylic oxidation sites excluding steroid dienone is 2. The summed E-state index contributed by atoms with van der Waals surface area (Å²) in [6.07, 6.45) is 1.46. The lowest BCUT2D eigenvalue weighted by atomic mass is 9.99. The molecule has 0 bridgehead atoms. The van der Waals surface area contributed by atoms with Gasteiger partial charge in [-0.2, -0.15) is 0 Å². The summed E-state index contributed by atoms with van der Waals surface area (Å²) in [5, 5.41) is 8.66. The normalized spacial score (nSPS) is 9.50. The van der Waals surface area contributed by atoms with Crippen LogP contribution in [0, 0.1) is 5.92 Å². The molecule has 0 spiro atoms. The van der Waals surface area contributed by atoms with Crippen molar-refractivity contribution in [3.63, 3.8) is 0 Å². The van der Waals surface area contributed by atoms with Gasteiger partial charge in [-0.1, -0.05) is 25.0 Å². The average Bonchev–Trinajstić information content (AvgIpc) is 2.12. The van der Waals surface area contributed by atoms with Crippen molar-refractivity contribution in [3.8, 4) is 0 Å². The Balaban J connectivity index is 0. The maximum absolute atomic E-state index is 10.8. The van der Waals surface area contributed by atoms with Gasteiger partial charge in [-0.15, -0.1) is 0 Å². The Morgan fingerprint density at radius 2 is 1.45 bits per heavy atom. The molecular formula is C16H28O4. The van der Waals surface area contributed by atoms with Gasteiger partial charge in [0.15, 0.2) is 0 Å². The number of carbonyl (C=O) groups excluding carboxylic acids is 1. The molecule has 0 heterocycles. The molecule has 116 valence electrons. The van der Waals surface area contributed by atoms with E-state index in [2.05, 4.69) is 0 Å². The van der Waals surface area contributed by atoms with Crippen molar-refractivity contribution in [3.05, 3.63) is 22.8 Å². The molecule has 0 aliphatic heterocycles. The summed E-state index contributed by atoms with van der Waals surface area (Å²) in [6.45, 7) is 14.8. The Hall–Kier alpha value is -1.58. The van der Waals surface area contributed by atoms with Crippen LogP contribution in [-0.2, 0) is 14.3 Å². The molecular weight excluding hydrogens is 256 g/mol. The third-order valence-electron chi connectivity index (χ3n) is 2.10. The van der Waals surface area contributed by atoms with E-state index in [0.29, 0.717) is 5.57 Å². The first-order valence-electron chi connectivity index (χ1n) is 6.75. The van der Waals surface area contributed by atoms with E-state index in [1.54, 1.807) is 0 Å². The van der Waals surface area contributed by atoms with Crippen LogP contribution in [0.5, 0.6) is 0 Å². The quantitative estimate of drug-likeness (QED) is 0.626. The van der Waals surface area contributed by atoms with Gasteiger partial charge in [0.05, 0.1) is 6.10 Å². The van der Waals surface area contributed by atoms with Crippen LogP contribution in [0.2, 0.25) is 0 Å². The van der Waals surface area contributed by atoms with Crippen LogP contribution in [0.1, 0.15) is 55.4 Å². The second kappa shape index (κ2) is 10.2. The first-order chi connectivity index (χ1) is 8.98. The fraction of sp³-hybridized carbons (Fsp3) is 0.625. The number of ether oxygens (including phenoxy) is 1. The van der Waals surface area contributed by atoms with Crippen LogP contribution >= 0.6 is 0 Å². The van der Waals surface area contributed by atoms with E-state index in [-0.39, 0.29) is 18.0 Å². The summed E-state index contributed by atoms with van der Waals surface area (Å²) >= 11 is 0. The van der Waals surface area contributed by atoms with Crippen molar-refractivity contribution in [2.75, 3.05) is 0 Å². The Morgan fingerprint density at radius 1 is 1.00 bits per heavy atom. The lowest BCUT2D eigenvalue weighted by Crippen LogP contribution is -2.08. The maximum Gasteiger partial charge on any atom is 0.331 e. The van der Waals surface area contributed by atoms with Gasteiger partial charge in [-0.25, -0.2) is 9.59 Å². The Bertz CT molecular complexity index is 377. The number of hydrogen-bond acceptors (Lipinski definition) is 3. The fourth-order valence-corrected chi connectivity index (χ4v) is 1.54. The molecule has 0 aromatic rings. The highest BCUT2D eigenvalue weighted by atomic mass is 16.5. The fourth-order valence-electron chi connectivity index (χ4n) is 1.54. The minimum absolute atomic E-state index is 0.0249. The lowest BCUT2D eigenvalue weighted by molar-refractivity contribution is -0.141. The Labute approximate surface area is 122 Å². The molecule has 0 aliphatic carbocycles. The molecule has 0 amide bonds. The van der Waals surface area contributed by atoms with Gasteiger partial charge in [-0.05, 0) is 47.5 Å². The molecule has 0 atom stereocenters. The highest BCUT2D eigenvalue weighted by molar-refractivity contribution is 5.87. The summed E-state index contributed by atoms with van der Waals surface area (Å²) in [5.74, 6) is -0.937. The molecule has 4 heteroatoms. The number of rotatable bonds is 4. The van der Waals surface area contributed by atoms with Crippen molar-refractivity contribution in [2.24, 2.45) is 5.92 Å². The predicted octanol–water partition coefficient (Wildman–Crippen LogP) is 3.97. The summed E-state index contributed by atoms with van der Waals surface area (Å²) in [4.78, 5) is 21.3. The van der Waals surface area contributed by atoms with Crippen LogP contribution in [0.3, 0.4) is 0 Å². The minimum Gasteiger partial charge on any atom is -0.478 e. The molecule has 0 aliphatic rings. The summed E-state index contributed by atoms with van der Waals surface area (Å²) in [7, 11) is 0. The van der Waals surface area contributed by atoms with Gasteiger partial charge in [0, 0.05) is 11.6 Å². The van der Waals surface area contributed by atoms with Crippen molar-refractivity contribution >= 4 is 11.9 Å². The van der Waals surface area contributed by atoms with E-state index < -0.39 is 5.97 Å². The second-order valence-electron chi connectivity index (χ2n) is 5.58. The summed E-state index contributed by atoms with van der Waals surface area (Å²) in [5.41, 5.74) is 2.38. The Kier molecular flexibility index (Phi) is 10.6. The van der Waals surface area contributed by atoms with Crippen molar-refractivity contribution < 1.29 is 19.4 Å². The molecule has 0 radical (unpaired) electrons. The van der Waals surface area contributed by atoms with E-state index in [1.165, 1.54) is 6.08 Å². The van der Waals surface area contributed by atoms with E-state index in [4.69, 9.17) is 9.84 Å². The van der Waals surface area contributed by atoms with Gasteiger partial charge in [-0.3, -0.25) is 0 Å². The average molecular weight is 284 g/mol. The third kappa shape index (κ3) is 11.5. The first kappa shape index (κ1) is 20.7. The molecule has 0 aromatic carbocycles. The SMILES string of the molecule is CC(C)=C(C(=O)O)C(C)C.CC(C)=CC(=O)OC(C)C. The van der Waals surface area contributed by atoms with Crippen LogP contribution in [0.4, 0.5) is 0 Å².